The van der Waals surface area contributed by atoms with E-state index in [1.807, 2.05) is 30.3 Å². The number of amides is 1. The van der Waals surface area contributed by atoms with Crippen LogP contribution in [0.2, 0.25) is 10.2 Å². The number of halogens is 2. The monoisotopic (exact) mass is 324 g/mol. The molecule has 0 aliphatic rings. The minimum absolute atomic E-state index is 0.183. The molecule has 0 atom stereocenters. The first kappa shape index (κ1) is 15.6. The molecule has 0 saturated heterocycles. The fourth-order valence-corrected chi connectivity index (χ4v) is 1.95. The van der Waals surface area contributed by atoms with E-state index < -0.39 is 0 Å². The van der Waals surface area contributed by atoms with E-state index in [1.54, 1.807) is 11.9 Å². The van der Waals surface area contributed by atoms with E-state index in [-0.39, 0.29) is 16.1 Å². The fourth-order valence-electron chi connectivity index (χ4n) is 1.68. The second-order valence-corrected chi connectivity index (χ2v) is 5.15. The van der Waals surface area contributed by atoms with Crippen LogP contribution in [-0.4, -0.2) is 36.0 Å². The van der Waals surface area contributed by atoms with Gasteiger partial charge in [0, 0.05) is 13.2 Å². The number of para-hydroxylation sites is 1. The van der Waals surface area contributed by atoms with Crippen molar-refractivity contribution in [2.45, 2.75) is 0 Å². The number of hydrogen-bond donors (Lipinski definition) is 0. The molecule has 0 fully saturated rings. The Morgan fingerprint density at radius 2 is 2.00 bits per heavy atom. The van der Waals surface area contributed by atoms with E-state index in [1.165, 1.54) is 12.3 Å². The second-order valence-electron chi connectivity index (χ2n) is 4.38. The van der Waals surface area contributed by atoms with Crippen molar-refractivity contribution in [3.8, 4) is 5.75 Å². The van der Waals surface area contributed by atoms with Gasteiger partial charge in [-0.1, -0.05) is 41.4 Å². The first-order valence-corrected chi connectivity index (χ1v) is 7.08. The molecule has 0 aliphatic heterocycles. The Hall–Kier alpha value is -1.78. The minimum Gasteiger partial charge on any atom is -0.492 e. The Morgan fingerprint density at radius 1 is 1.29 bits per heavy atom. The van der Waals surface area contributed by atoms with Crippen LogP contribution in [0.1, 0.15) is 10.4 Å². The van der Waals surface area contributed by atoms with E-state index in [4.69, 9.17) is 27.9 Å². The summed E-state index contributed by atoms with van der Waals surface area (Å²) in [7, 11) is 1.69. The van der Waals surface area contributed by atoms with Gasteiger partial charge in [-0.15, -0.1) is 0 Å². The Labute approximate surface area is 133 Å². The van der Waals surface area contributed by atoms with E-state index in [0.29, 0.717) is 18.7 Å². The zero-order chi connectivity index (χ0) is 15.2. The van der Waals surface area contributed by atoms with Gasteiger partial charge in [-0.25, -0.2) is 4.98 Å². The lowest BCUT2D eigenvalue weighted by Gasteiger charge is -2.17. The molecule has 0 unspecified atom stereocenters. The lowest BCUT2D eigenvalue weighted by molar-refractivity contribution is 0.0773. The van der Waals surface area contributed by atoms with Crippen LogP contribution in [0, 0.1) is 0 Å². The third-order valence-corrected chi connectivity index (χ3v) is 3.51. The van der Waals surface area contributed by atoms with Crippen molar-refractivity contribution in [2.24, 2.45) is 0 Å². The molecule has 1 heterocycles. The highest BCUT2D eigenvalue weighted by Crippen LogP contribution is 2.20. The van der Waals surface area contributed by atoms with Gasteiger partial charge in [0.1, 0.15) is 17.5 Å². The maximum atomic E-state index is 12.2. The second kappa shape index (κ2) is 7.29. The van der Waals surface area contributed by atoms with Crippen molar-refractivity contribution in [1.82, 2.24) is 9.88 Å². The van der Waals surface area contributed by atoms with E-state index in [2.05, 4.69) is 4.98 Å². The van der Waals surface area contributed by atoms with Gasteiger partial charge < -0.3 is 9.64 Å². The van der Waals surface area contributed by atoms with Crippen LogP contribution in [0.25, 0.3) is 0 Å². The normalized spacial score (nSPS) is 10.2. The predicted octanol–water partition coefficient (Wildman–Crippen LogP) is 3.54. The number of ether oxygens (including phenoxy) is 1. The van der Waals surface area contributed by atoms with Gasteiger partial charge in [-0.05, 0) is 18.2 Å². The largest absolute Gasteiger partial charge is 0.492 e. The number of carbonyl (C=O) groups is 1. The quantitative estimate of drug-likeness (QED) is 0.790. The van der Waals surface area contributed by atoms with E-state index in [9.17, 15) is 4.79 Å². The molecule has 110 valence electrons. The van der Waals surface area contributed by atoms with Crippen LogP contribution < -0.4 is 4.74 Å². The van der Waals surface area contributed by atoms with Crippen molar-refractivity contribution in [2.75, 3.05) is 20.2 Å². The van der Waals surface area contributed by atoms with Gasteiger partial charge in [0.15, 0.2) is 0 Å². The number of pyridine rings is 1. The number of likely N-dealkylation sites (N-methyl/N-ethyl adjacent to an activating group) is 1. The Balaban J connectivity index is 1.89. The van der Waals surface area contributed by atoms with E-state index >= 15 is 0 Å². The summed E-state index contributed by atoms with van der Waals surface area (Å²) in [5.41, 5.74) is 0.395. The maximum absolute atomic E-state index is 12.2. The van der Waals surface area contributed by atoms with Crippen LogP contribution in [0.15, 0.2) is 42.6 Å². The molecule has 0 saturated carbocycles. The molecule has 0 aliphatic carbocycles. The molecule has 1 aromatic carbocycles. The van der Waals surface area contributed by atoms with Crippen LogP contribution in [0.5, 0.6) is 5.75 Å². The van der Waals surface area contributed by atoms with Gasteiger partial charge in [-0.2, -0.15) is 0 Å². The molecule has 0 bridgehead atoms. The van der Waals surface area contributed by atoms with Crippen molar-refractivity contribution in [3.63, 3.8) is 0 Å². The molecule has 1 aromatic heterocycles. The lowest BCUT2D eigenvalue weighted by Crippen LogP contribution is -2.31. The molecule has 4 nitrogen and oxygen atoms in total. The standard InChI is InChI=1S/C15H14Cl2N2O2/c1-19(7-8-21-12-5-3-2-4-6-12)15(20)11-9-13(16)14(17)18-10-11/h2-6,9-10H,7-8H2,1H3. The molecule has 2 aromatic rings. The summed E-state index contributed by atoms with van der Waals surface area (Å²) >= 11 is 11.6. The highest BCUT2D eigenvalue weighted by Gasteiger charge is 2.13. The molecular formula is C15H14Cl2N2O2. The number of rotatable bonds is 5. The summed E-state index contributed by atoms with van der Waals surface area (Å²) in [6.07, 6.45) is 1.41. The van der Waals surface area contributed by atoms with Crippen LogP contribution in [0.3, 0.4) is 0 Å². The van der Waals surface area contributed by atoms with Gasteiger partial charge in [-0.3, -0.25) is 4.79 Å². The molecular weight excluding hydrogens is 311 g/mol. The Bertz CT molecular complexity index is 620. The van der Waals surface area contributed by atoms with Crippen molar-refractivity contribution in [3.05, 3.63) is 58.3 Å². The summed E-state index contributed by atoms with van der Waals surface area (Å²) in [6.45, 7) is 0.856. The summed E-state index contributed by atoms with van der Waals surface area (Å²) in [6, 6.07) is 10.9. The first-order valence-electron chi connectivity index (χ1n) is 6.32. The smallest absolute Gasteiger partial charge is 0.255 e. The highest BCUT2D eigenvalue weighted by atomic mass is 35.5. The number of benzene rings is 1. The Morgan fingerprint density at radius 3 is 2.67 bits per heavy atom. The highest BCUT2D eigenvalue weighted by molar-refractivity contribution is 6.41. The van der Waals surface area contributed by atoms with Crippen LogP contribution in [-0.2, 0) is 0 Å². The minimum atomic E-state index is -0.183. The molecule has 0 radical (unpaired) electrons. The van der Waals surface area contributed by atoms with Crippen molar-refractivity contribution >= 4 is 29.1 Å². The zero-order valence-corrected chi connectivity index (χ0v) is 12.9. The summed E-state index contributed by atoms with van der Waals surface area (Å²) < 4.78 is 5.55. The molecule has 6 heteroatoms. The van der Waals surface area contributed by atoms with Crippen LogP contribution in [0.4, 0.5) is 0 Å². The number of carbonyl (C=O) groups excluding carboxylic acids is 1. The first-order chi connectivity index (χ1) is 10.1. The molecule has 1 amide bonds. The predicted molar refractivity (Wildman–Crippen MR) is 83.2 cm³/mol. The molecule has 2 rings (SSSR count). The van der Waals surface area contributed by atoms with Crippen molar-refractivity contribution < 1.29 is 9.53 Å². The van der Waals surface area contributed by atoms with Gasteiger partial charge in [0.25, 0.3) is 5.91 Å². The van der Waals surface area contributed by atoms with Gasteiger partial charge >= 0.3 is 0 Å². The average Bonchev–Trinajstić information content (AvgIpc) is 2.50. The van der Waals surface area contributed by atoms with Gasteiger partial charge in [0.2, 0.25) is 0 Å². The third-order valence-electron chi connectivity index (χ3n) is 2.83. The van der Waals surface area contributed by atoms with E-state index in [0.717, 1.165) is 5.75 Å². The number of nitrogens with zero attached hydrogens (tertiary/aromatic N) is 2. The van der Waals surface area contributed by atoms with Crippen LogP contribution >= 0.6 is 23.2 Å². The number of aromatic nitrogens is 1. The lowest BCUT2D eigenvalue weighted by atomic mass is 10.2. The average molecular weight is 325 g/mol. The topological polar surface area (TPSA) is 42.4 Å². The molecule has 21 heavy (non-hydrogen) atoms. The number of hydrogen-bond acceptors (Lipinski definition) is 3. The Kier molecular flexibility index (Phi) is 5.42. The summed E-state index contributed by atoms with van der Waals surface area (Å²) in [5, 5.41) is 0.444. The fraction of sp³-hybridized carbons (Fsp3) is 0.200. The van der Waals surface area contributed by atoms with Gasteiger partial charge in [0.05, 0.1) is 17.1 Å². The SMILES string of the molecule is CN(CCOc1ccccc1)C(=O)c1cnc(Cl)c(Cl)c1. The molecule has 0 spiro atoms. The maximum Gasteiger partial charge on any atom is 0.255 e. The van der Waals surface area contributed by atoms with Crippen molar-refractivity contribution in [1.29, 1.82) is 0 Å². The molecule has 0 N–H and O–H groups in total. The summed E-state index contributed by atoms with van der Waals surface area (Å²) in [4.78, 5) is 17.6. The summed E-state index contributed by atoms with van der Waals surface area (Å²) in [5.74, 6) is 0.590. The zero-order valence-electron chi connectivity index (χ0n) is 11.4. The third kappa shape index (κ3) is 4.34.